The summed E-state index contributed by atoms with van der Waals surface area (Å²) in [7, 11) is 1.71. The molecule has 0 spiro atoms. The summed E-state index contributed by atoms with van der Waals surface area (Å²) in [6.45, 7) is -0.0551. The molecule has 7 heteroatoms. The average molecular weight is 831 g/mol. The van der Waals surface area contributed by atoms with Crippen LogP contribution in [0, 0.1) is 0 Å². The lowest BCUT2D eigenvalue weighted by atomic mass is 9.92. The molecule has 0 saturated heterocycles. The monoisotopic (exact) mass is 830 g/mol. The van der Waals surface area contributed by atoms with Crippen molar-refractivity contribution in [3.05, 3.63) is 175 Å². The predicted octanol–water partition coefficient (Wildman–Crippen LogP) is 15.1. The lowest BCUT2D eigenvalue weighted by molar-refractivity contribution is 0.282. The van der Waals surface area contributed by atoms with E-state index >= 15 is 0 Å². The summed E-state index contributed by atoms with van der Waals surface area (Å²) in [6.07, 6.45) is 0. The number of aromatic nitrogens is 2. The Kier molecular flexibility index (Phi) is 7.88. The van der Waals surface area contributed by atoms with Crippen molar-refractivity contribution in [3.63, 3.8) is 0 Å². The molecule has 0 bridgehead atoms. The molecule has 0 unspecified atom stereocenters. The Hall–Kier alpha value is -7.84. The van der Waals surface area contributed by atoms with E-state index in [1.807, 2.05) is 72.8 Å². The molecule has 298 valence electrons. The molecule has 0 amide bonds. The second-order valence-corrected chi connectivity index (χ2v) is 17.1. The van der Waals surface area contributed by atoms with Gasteiger partial charge in [-0.05, 0) is 98.8 Å². The van der Waals surface area contributed by atoms with Crippen molar-refractivity contribution in [2.24, 2.45) is 0 Å². The fraction of sp³-hybridized carbons (Fsp3) is 0.0357. The van der Waals surface area contributed by atoms with E-state index in [0.29, 0.717) is 0 Å². The van der Waals surface area contributed by atoms with Crippen molar-refractivity contribution in [1.82, 2.24) is 9.97 Å². The third-order valence-corrected chi connectivity index (χ3v) is 13.8. The minimum absolute atomic E-state index is 0.0551. The Balaban J connectivity index is 1.12. The Labute approximate surface area is 363 Å². The minimum Gasteiger partial charge on any atom is -0.496 e. The molecule has 0 aliphatic rings. The average Bonchev–Trinajstić information content (AvgIpc) is 4.04. The van der Waals surface area contributed by atoms with Crippen LogP contribution in [0.2, 0.25) is 0 Å². The fourth-order valence-corrected chi connectivity index (χ4v) is 10.7. The molecule has 0 fully saturated rings. The highest BCUT2D eigenvalue weighted by molar-refractivity contribution is 7.20. The van der Waals surface area contributed by atoms with Gasteiger partial charge in [-0.2, -0.15) is 0 Å². The van der Waals surface area contributed by atoms with E-state index in [0.717, 1.165) is 142 Å². The molecule has 0 atom stereocenters. The van der Waals surface area contributed by atoms with Crippen LogP contribution in [0.5, 0.6) is 5.75 Å². The maximum atomic E-state index is 10.4. The first-order chi connectivity index (χ1) is 31.1. The van der Waals surface area contributed by atoms with Crippen LogP contribution >= 0.6 is 11.3 Å². The van der Waals surface area contributed by atoms with Crippen LogP contribution in [-0.2, 0) is 6.61 Å². The zero-order valence-corrected chi connectivity index (χ0v) is 34.7. The molecule has 0 radical (unpaired) electrons. The molecule has 4 heterocycles. The Morgan fingerprint density at radius 3 is 1.46 bits per heavy atom. The van der Waals surface area contributed by atoms with E-state index in [9.17, 15) is 5.11 Å². The number of hydrogen-bond donors (Lipinski definition) is 1. The van der Waals surface area contributed by atoms with Crippen LogP contribution in [0.3, 0.4) is 0 Å². The van der Waals surface area contributed by atoms with Gasteiger partial charge in [0.1, 0.15) is 39.1 Å². The molecular weight excluding hydrogens is 797 g/mol. The van der Waals surface area contributed by atoms with Crippen molar-refractivity contribution in [2.75, 3.05) is 7.11 Å². The van der Waals surface area contributed by atoms with Gasteiger partial charge < -0.3 is 18.7 Å². The van der Waals surface area contributed by atoms with Crippen LogP contribution in [0.1, 0.15) is 5.56 Å². The maximum Gasteiger partial charge on any atom is 0.136 e. The van der Waals surface area contributed by atoms with E-state index in [-0.39, 0.29) is 6.61 Å². The van der Waals surface area contributed by atoms with Crippen LogP contribution < -0.4 is 4.74 Å². The van der Waals surface area contributed by atoms with Crippen LogP contribution in [0.15, 0.2) is 179 Å². The number of benzene rings is 9. The second-order valence-electron chi connectivity index (χ2n) is 16.0. The largest absolute Gasteiger partial charge is 0.496 e. The third kappa shape index (κ3) is 5.47. The summed E-state index contributed by atoms with van der Waals surface area (Å²) in [6, 6.07) is 58.6. The number of furan rings is 2. The first-order valence-corrected chi connectivity index (χ1v) is 21.7. The fourth-order valence-electron chi connectivity index (χ4n) is 9.56. The quantitative estimate of drug-likeness (QED) is 0.168. The number of rotatable bonds is 6. The van der Waals surface area contributed by atoms with E-state index in [2.05, 4.69) is 97.1 Å². The van der Waals surface area contributed by atoms with Gasteiger partial charge in [-0.1, -0.05) is 115 Å². The number of thiophene rings is 1. The van der Waals surface area contributed by atoms with E-state index < -0.39 is 0 Å². The van der Waals surface area contributed by atoms with Crippen molar-refractivity contribution < 1.29 is 18.7 Å². The summed E-state index contributed by atoms with van der Waals surface area (Å²) in [5.41, 5.74) is 13.6. The standard InChI is InChI=1S/C56H34N2O4S/c1-60-46-15-7-4-12-37(46)32-19-25-43-45(27-32)44-26-31(36-11-3-2-10-35(36)30-59)18-24-42(44)51-52(43)58-54-53(57-51)55(33-20-22-40-38-13-5-8-16-47(38)61-49(40)28-33)63-56(54)34-21-23-41-39-14-6-9-17-48(39)62-50(41)29-34/h2-29,59H,30H2,1H3. The summed E-state index contributed by atoms with van der Waals surface area (Å²) >= 11 is 1.69. The number of ether oxygens (including phenoxy) is 1. The Morgan fingerprint density at radius 2 is 0.889 bits per heavy atom. The number of methoxy groups -OCH3 is 1. The number of nitrogens with zero attached hydrogens (tertiary/aromatic N) is 2. The topological polar surface area (TPSA) is 81.5 Å². The zero-order chi connectivity index (χ0) is 41.8. The van der Waals surface area contributed by atoms with E-state index in [1.165, 1.54) is 0 Å². The summed E-state index contributed by atoms with van der Waals surface area (Å²) in [5, 5.41) is 18.8. The number of aliphatic hydroxyl groups excluding tert-OH is 1. The normalized spacial score (nSPS) is 12.0. The van der Waals surface area contributed by atoms with Gasteiger partial charge in [0.2, 0.25) is 0 Å². The lowest BCUT2D eigenvalue weighted by Crippen LogP contribution is -1.94. The van der Waals surface area contributed by atoms with Gasteiger partial charge in [-0.15, -0.1) is 11.3 Å². The molecule has 63 heavy (non-hydrogen) atoms. The van der Waals surface area contributed by atoms with Crippen LogP contribution in [-0.4, -0.2) is 22.2 Å². The molecular formula is C56H34N2O4S. The Bertz CT molecular complexity index is 3770. The summed E-state index contributed by atoms with van der Waals surface area (Å²) < 4.78 is 18.7. The smallest absolute Gasteiger partial charge is 0.136 e. The molecule has 9 aromatic carbocycles. The molecule has 6 nitrogen and oxygen atoms in total. The van der Waals surface area contributed by atoms with Gasteiger partial charge in [0.25, 0.3) is 0 Å². The highest BCUT2D eigenvalue weighted by Crippen LogP contribution is 2.48. The highest BCUT2D eigenvalue weighted by atomic mass is 32.1. The van der Waals surface area contributed by atoms with Crippen molar-refractivity contribution in [3.8, 4) is 48.9 Å². The number of para-hydroxylation sites is 3. The number of hydrogen-bond acceptors (Lipinski definition) is 7. The molecule has 0 aliphatic heterocycles. The second kappa shape index (κ2) is 13.8. The molecule has 0 saturated carbocycles. The van der Waals surface area contributed by atoms with Crippen LogP contribution in [0.4, 0.5) is 0 Å². The van der Waals surface area contributed by atoms with Crippen molar-refractivity contribution in [2.45, 2.75) is 6.61 Å². The Morgan fingerprint density at radius 1 is 0.429 bits per heavy atom. The molecule has 0 aliphatic carbocycles. The molecule has 4 aromatic heterocycles. The van der Waals surface area contributed by atoms with Gasteiger partial charge in [0.15, 0.2) is 0 Å². The van der Waals surface area contributed by atoms with Gasteiger partial charge in [0.05, 0.1) is 34.5 Å². The van der Waals surface area contributed by atoms with Crippen molar-refractivity contribution >= 4 is 98.8 Å². The molecule has 13 aromatic rings. The molecule has 1 N–H and O–H groups in total. The zero-order valence-electron chi connectivity index (χ0n) is 33.8. The summed E-state index contributed by atoms with van der Waals surface area (Å²) in [5.74, 6) is 0.804. The van der Waals surface area contributed by atoms with Gasteiger partial charge >= 0.3 is 0 Å². The van der Waals surface area contributed by atoms with Gasteiger partial charge in [-0.3, -0.25) is 0 Å². The predicted molar refractivity (Wildman–Crippen MR) is 259 cm³/mol. The van der Waals surface area contributed by atoms with Gasteiger partial charge in [0, 0.05) is 37.9 Å². The number of aliphatic hydroxyl groups is 1. The number of fused-ring (bicyclic) bond motifs is 13. The first-order valence-electron chi connectivity index (χ1n) is 20.9. The minimum atomic E-state index is -0.0551. The summed E-state index contributed by atoms with van der Waals surface area (Å²) in [4.78, 5) is 13.4. The maximum absolute atomic E-state index is 10.4. The SMILES string of the molecule is COc1ccccc1-c1ccc2c(c1)c1cc(-c3ccccc3CO)ccc1c1nc3c(-c4ccc5c(c4)oc4ccccc45)sc(-c4ccc5c(c4)oc4ccccc45)c3nc21. The highest BCUT2D eigenvalue weighted by Gasteiger charge is 2.23. The van der Waals surface area contributed by atoms with E-state index in [1.54, 1.807) is 18.4 Å². The van der Waals surface area contributed by atoms with Crippen molar-refractivity contribution in [1.29, 1.82) is 0 Å². The molecule has 13 rings (SSSR count). The van der Waals surface area contributed by atoms with E-state index in [4.69, 9.17) is 23.5 Å². The lowest BCUT2D eigenvalue weighted by Gasteiger charge is -2.15. The third-order valence-electron chi connectivity index (χ3n) is 12.6. The van der Waals surface area contributed by atoms with Crippen LogP contribution in [0.25, 0.3) is 131 Å². The first kappa shape index (κ1) is 35.9. The van der Waals surface area contributed by atoms with Gasteiger partial charge in [-0.25, -0.2) is 9.97 Å².